The van der Waals surface area contributed by atoms with Crippen LogP contribution in [0.1, 0.15) is 17.5 Å². The van der Waals surface area contributed by atoms with E-state index in [0.29, 0.717) is 23.8 Å². The van der Waals surface area contributed by atoms with Crippen LogP contribution in [0.5, 0.6) is 5.75 Å². The number of benzene rings is 2. The van der Waals surface area contributed by atoms with Gasteiger partial charge in [0, 0.05) is 27.1 Å². The van der Waals surface area contributed by atoms with Gasteiger partial charge in [0.1, 0.15) is 12.4 Å². The third-order valence-electron chi connectivity index (χ3n) is 3.67. The molecule has 3 rings (SSSR count). The van der Waals surface area contributed by atoms with Crippen molar-refractivity contribution in [1.82, 2.24) is 0 Å². The van der Waals surface area contributed by atoms with E-state index in [1.807, 2.05) is 30.3 Å². The van der Waals surface area contributed by atoms with Gasteiger partial charge in [-0.2, -0.15) is 0 Å². The molecule has 3 aromatic rings. The molecule has 0 fully saturated rings. The molecule has 0 spiro atoms. The fourth-order valence-corrected chi connectivity index (χ4v) is 5.07. The number of carboxylic acids is 1. The zero-order chi connectivity index (χ0) is 18.0. The second-order valence-corrected chi connectivity index (χ2v) is 8.53. The summed E-state index contributed by atoms with van der Waals surface area (Å²) in [6.07, 6.45) is 0.571. The monoisotopic (exact) mass is 502 g/mol. The Labute approximate surface area is 170 Å². The molecule has 3 nitrogen and oxygen atoms in total. The highest BCUT2D eigenvalue weighted by atomic mass is 79.9. The third-order valence-corrected chi connectivity index (χ3v) is 6.10. The second kappa shape index (κ2) is 8.08. The standard InChI is InChI=1S/C18H13Br2ClO3S/c19-14-5-10(1-4-17(22)23)6-15(20)18(14)24-8-11-9-25-16-3-2-12(21)7-13(11)16/h2-3,5-7,9H,1,4,8H2,(H,22,23). The van der Waals surface area contributed by atoms with E-state index in [-0.39, 0.29) is 6.42 Å². The van der Waals surface area contributed by atoms with Gasteiger partial charge >= 0.3 is 5.97 Å². The van der Waals surface area contributed by atoms with Crippen molar-refractivity contribution >= 4 is 70.9 Å². The summed E-state index contributed by atoms with van der Waals surface area (Å²) in [7, 11) is 0. The Bertz CT molecular complexity index is 916. The van der Waals surface area contributed by atoms with Gasteiger partial charge in [-0.3, -0.25) is 4.79 Å². The smallest absolute Gasteiger partial charge is 0.303 e. The van der Waals surface area contributed by atoms with Crippen LogP contribution in [0.15, 0.2) is 44.7 Å². The van der Waals surface area contributed by atoms with E-state index in [0.717, 1.165) is 25.5 Å². The predicted octanol–water partition coefficient (Wildman–Crippen LogP) is 6.68. The van der Waals surface area contributed by atoms with Crippen LogP contribution in [0.3, 0.4) is 0 Å². The van der Waals surface area contributed by atoms with Crippen LogP contribution >= 0.6 is 54.8 Å². The topological polar surface area (TPSA) is 46.5 Å². The molecule has 1 N–H and O–H groups in total. The van der Waals surface area contributed by atoms with E-state index < -0.39 is 5.97 Å². The van der Waals surface area contributed by atoms with Gasteiger partial charge in [0.2, 0.25) is 0 Å². The van der Waals surface area contributed by atoms with Crippen molar-refractivity contribution in [3.05, 3.63) is 60.8 Å². The van der Waals surface area contributed by atoms with Crippen LogP contribution in [0, 0.1) is 0 Å². The molecule has 0 unspecified atom stereocenters. The Morgan fingerprint density at radius 2 is 1.92 bits per heavy atom. The predicted molar refractivity (Wildman–Crippen MR) is 109 cm³/mol. The maximum atomic E-state index is 10.7. The van der Waals surface area contributed by atoms with Crippen LogP contribution in [0.25, 0.3) is 10.1 Å². The van der Waals surface area contributed by atoms with Crippen LogP contribution in [-0.4, -0.2) is 11.1 Å². The van der Waals surface area contributed by atoms with E-state index in [9.17, 15) is 4.79 Å². The fraction of sp³-hybridized carbons (Fsp3) is 0.167. The summed E-state index contributed by atoms with van der Waals surface area (Å²) < 4.78 is 8.75. The first-order valence-electron chi connectivity index (χ1n) is 7.42. The molecule has 0 radical (unpaired) electrons. The SMILES string of the molecule is O=C(O)CCc1cc(Br)c(OCc2csc3ccc(Cl)cc23)c(Br)c1. The van der Waals surface area contributed by atoms with Crippen molar-refractivity contribution in [1.29, 1.82) is 0 Å². The fourth-order valence-electron chi connectivity index (χ4n) is 2.46. The van der Waals surface area contributed by atoms with Crippen molar-refractivity contribution in [2.75, 3.05) is 0 Å². The molecule has 2 aromatic carbocycles. The number of halogens is 3. The molecule has 0 aliphatic rings. The number of hydrogen-bond donors (Lipinski definition) is 1. The van der Waals surface area contributed by atoms with E-state index in [1.165, 1.54) is 4.70 Å². The highest BCUT2D eigenvalue weighted by Gasteiger charge is 2.12. The van der Waals surface area contributed by atoms with Crippen molar-refractivity contribution in [2.24, 2.45) is 0 Å². The molecule has 0 aliphatic heterocycles. The summed E-state index contributed by atoms with van der Waals surface area (Å²) in [5.41, 5.74) is 2.01. The molecular formula is C18H13Br2ClO3S. The van der Waals surface area contributed by atoms with E-state index in [2.05, 4.69) is 37.2 Å². The number of rotatable bonds is 6. The average molecular weight is 505 g/mol. The van der Waals surface area contributed by atoms with Crippen molar-refractivity contribution in [3.63, 3.8) is 0 Å². The van der Waals surface area contributed by atoms with Gasteiger partial charge in [-0.1, -0.05) is 11.6 Å². The molecular weight excluding hydrogens is 492 g/mol. The summed E-state index contributed by atoms with van der Waals surface area (Å²) in [5, 5.41) is 12.7. The first kappa shape index (κ1) is 18.7. The van der Waals surface area contributed by atoms with Gasteiger partial charge in [0.15, 0.2) is 0 Å². The van der Waals surface area contributed by atoms with E-state index in [4.69, 9.17) is 21.4 Å². The maximum Gasteiger partial charge on any atom is 0.303 e. The number of thiophene rings is 1. The average Bonchev–Trinajstić information content (AvgIpc) is 2.94. The van der Waals surface area contributed by atoms with E-state index >= 15 is 0 Å². The molecule has 0 saturated carbocycles. The van der Waals surface area contributed by atoms with Gasteiger partial charge in [-0.25, -0.2) is 0 Å². The largest absolute Gasteiger partial charge is 0.486 e. The van der Waals surface area contributed by atoms with Crippen molar-refractivity contribution < 1.29 is 14.6 Å². The van der Waals surface area contributed by atoms with Crippen LogP contribution in [-0.2, 0) is 17.8 Å². The van der Waals surface area contributed by atoms with Crippen LogP contribution in [0.2, 0.25) is 5.02 Å². The molecule has 1 heterocycles. The van der Waals surface area contributed by atoms with E-state index in [1.54, 1.807) is 11.3 Å². The minimum Gasteiger partial charge on any atom is -0.486 e. The van der Waals surface area contributed by atoms with Crippen molar-refractivity contribution in [2.45, 2.75) is 19.4 Å². The number of carbonyl (C=O) groups is 1. The number of aliphatic carboxylic acids is 1. The van der Waals surface area contributed by atoms with Crippen molar-refractivity contribution in [3.8, 4) is 5.75 Å². The number of hydrogen-bond acceptors (Lipinski definition) is 3. The number of carboxylic acid groups (broad SMARTS) is 1. The minimum absolute atomic E-state index is 0.0980. The zero-order valence-electron chi connectivity index (χ0n) is 12.9. The molecule has 7 heteroatoms. The minimum atomic E-state index is -0.810. The van der Waals surface area contributed by atoms with Crippen LogP contribution in [0.4, 0.5) is 0 Å². The second-order valence-electron chi connectivity index (χ2n) is 5.47. The Balaban J connectivity index is 1.78. The van der Waals surface area contributed by atoms with Gasteiger partial charge < -0.3 is 9.84 Å². The Hall–Kier alpha value is -1.08. The lowest BCUT2D eigenvalue weighted by atomic mass is 10.1. The lowest BCUT2D eigenvalue weighted by Crippen LogP contribution is -2.00. The zero-order valence-corrected chi connectivity index (χ0v) is 17.6. The van der Waals surface area contributed by atoms with Crippen LogP contribution < -0.4 is 4.74 Å². The molecule has 0 saturated heterocycles. The van der Waals surface area contributed by atoms with Gasteiger partial charge in [0.05, 0.1) is 8.95 Å². The molecule has 0 bridgehead atoms. The van der Waals surface area contributed by atoms with Gasteiger partial charge in [0.25, 0.3) is 0 Å². The number of ether oxygens (including phenoxy) is 1. The lowest BCUT2D eigenvalue weighted by molar-refractivity contribution is -0.136. The maximum absolute atomic E-state index is 10.7. The summed E-state index contributed by atoms with van der Waals surface area (Å²) in [5.74, 6) is -0.115. The Kier molecular flexibility index (Phi) is 6.04. The highest BCUT2D eigenvalue weighted by Crippen LogP contribution is 2.37. The summed E-state index contributed by atoms with van der Waals surface area (Å²) in [6, 6.07) is 9.63. The molecule has 25 heavy (non-hydrogen) atoms. The summed E-state index contributed by atoms with van der Waals surface area (Å²) in [6.45, 7) is 0.423. The quantitative estimate of drug-likeness (QED) is 0.408. The first-order chi connectivity index (χ1) is 11.9. The molecule has 0 aliphatic carbocycles. The lowest BCUT2D eigenvalue weighted by Gasteiger charge is -2.12. The summed E-state index contributed by atoms with van der Waals surface area (Å²) >= 11 is 14.8. The third kappa shape index (κ3) is 4.56. The molecule has 0 amide bonds. The normalized spacial score (nSPS) is 11.0. The Morgan fingerprint density at radius 1 is 1.20 bits per heavy atom. The summed E-state index contributed by atoms with van der Waals surface area (Å²) in [4.78, 5) is 10.7. The molecule has 130 valence electrons. The first-order valence-corrected chi connectivity index (χ1v) is 10.3. The van der Waals surface area contributed by atoms with Gasteiger partial charge in [-0.05, 0) is 79.6 Å². The Morgan fingerprint density at radius 3 is 2.60 bits per heavy atom. The number of aryl methyl sites for hydroxylation is 1. The molecule has 0 atom stereocenters. The van der Waals surface area contributed by atoms with Gasteiger partial charge in [-0.15, -0.1) is 11.3 Å². The molecule has 1 aromatic heterocycles. The number of fused-ring (bicyclic) bond motifs is 1. The highest BCUT2D eigenvalue weighted by molar-refractivity contribution is 9.11.